The molecule has 1 nitrogen and oxygen atoms in total. The Kier molecular flexibility index (Phi) is 12.9. The summed E-state index contributed by atoms with van der Waals surface area (Å²) in [7, 11) is 0. The zero-order chi connectivity index (χ0) is 43.6. The number of hydrogen-bond acceptors (Lipinski definition) is 1. The van der Waals surface area contributed by atoms with Crippen LogP contribution in [0.25, 0.3) is 34.9 Å². The molecule has 0 heterocycles. The lowest BCUT2D eigenvalue weighted by molar-refractivity contribution is 0.793. The molecule has 0 amide bonds. The summed E-state index contributed by atoms with van der Waals surface area (Å²) >= 11 is 0. The van der Waals surface area contributed by atoms with Crippen LogP contribution in [-0.4, -0.2) is 0 Å². The minimum absolute atomic E-state index is 0.374. The van der Waals surface area contributed by atoms with Crippen LogP contribution in [0.4, 0.5) is 5.69 Å². The van der Waals surface area contributed by atoms with Gasteiger partial charge in [0.1, 0.15) is 0 Å². The zero-order valence-corrected chi connectivity index (χ0v) is 36.6. The number of nitrogens with zero attached hydrogens (tertiary/aromatic N) is 1. The van der Waals surface area contributed by atoms with Crippen LogP contribution in [0.3, 0.4) is 0 Å². The van der Waals surface area contributed by atoms with Crippen LogP contribution in [-0.2, 0) is 5.41 Å². The first kappa shape index (κ1) is 41.9. The summed E-state index contributed by atoms with van der Waals surface area (Å²) in [6, 6.07) is 57.0. The third-order valence-electron chi connectivity index (χ3n) is 12.8. The van der Waals surface area contributed by atoms with Gasteiger partial charge in [-0.15, -0.1) is 0 Å². The molecule has 1 heteroatoms. The van der Waals surface area contributed by atoms with Gasteiger partial charge < -0.3 is 4.90 Å². The lowest BCUT2D eigenvalue weighted by Gasteiger charge is -2.30. The summed E-state index contributed by atoms with van der Waals surface area (Å²) in [4.78, 5) is 2.25. The highest BCUT2D eigenvalue weighted by atomic mass is 15.1. The number of rotatable bonds is 16. The van der Waals surface area contributed by atoms with E-state index in [-0.39, 0.29) is 5.41 Å². The second-order valence-electron chi connectivity index (χ2n) is 16.8. The van der Waals surface area contributed by atoms with Gasteiger partial charge in [-0.05, 0) is 122 Å². The highest BCUT2D eigenvalue weighted by Crippen LogP contribution is 2.50. The Morgan fingerprint density at radius 1 is 0.703 bits per heavy atom. The maximum Gasteiger partial charge on any atom is 0.0643 e. The van der Waals surface area contributed by atoms with Gasteiger partial charge >= 0.3 is 0 Å². The molecule has 0 saturated carbocycles. The molecule has 0 aliphatic heterocycles. The van der Waals surface area contributed by atoms with E-state index in [9.17, 15) is 0 Å². The van der Waals surface area contributed by atoms with Crippen molar-refractivity contribution in [3.63, 3.8) is 0 Å². The van der Waals surface area contributed by atoms with E-state index in [0.717, 1.165) is 54.6 Å². The lowest BCUT2D eigenvalue weighted by atomic mass is 9.71. The van der Waals surface area contributed by atoms with E-state index in [0.29, 0.717) is 5.92 Å². The molecule has 1 unspecified atom stereocenters. The average molecular weight is 826 g/mol. The fourth-order valence-corrected chi connectivity index (χ4v) is 9.50. The largest absolute Gasteiger partial charge is 0.322 e. The van der Waals surface area contributed by atoms with E-state index in [2.05, 4.69) is 248 Å². The maximum absolute atomic E-state index is 4.75. The van der Waals surface area contributed by atoms with E-state index in [1.165, 1.54) is 55.0 Å². The molecule has 3 aliphatic carbocycles. The van der Waals surface area contributed by atoms with Crippen molar-refractivity contribution in [2.45, 2.75) is 37.5 Å². The van der Waals surface area contributed by atoms with E-state index in [1.54, 1.807) is 0 Å². The molecule has 0 radical (unpaired) electrons. The van der Waals surface area contributed by atoms with Crippen LogP contribution >= 0.6 is 0 Å². The van der Waals surface area contributed by atoms with Gasteiger partial charge in [0.05, 0.1) is 5.41 Å². The summed E-state index contributed by atoms with van der Waals surface area (Å²) in [5.74, 6) is 0.439. The summed E-state index contributed by atoms with van der Waals surface area (Å²) in [5.41, 5.74) is 14.3. The first-order chi connectivity index (χ1) is 31.6. The van der Waals surface area contributed by atoms with Crippen molar-refractivity contribution in [1.29, 1.82) is 0 Å². The molecular weight excluding hydrogens is 771 g/mol. The number of anilines is 1. The highest BCUT2D eigenvalue weighted by molar-refractivity contribution is 5.82. The maximum atomic E-state index is 4.75. The zero-order valence-electron chi connectivity index (χ0n) is 36.6. The van der Waals surface area contributed by atoms with Gasteiger partial charge in [-0.25, -0.2) is 0 Å². The Morgan fingerprint density at radius 3 is 2.06 bits per heavy atom. The molecule has 0 spiro atoms. The Labute approximate surface area is 380 Å². The van der Waals surface area contributed by atoms with Crippen molar-refractivity contribution in [3.05, 3.63) is 293 Å². The fourth-order valence-electron chi connectivity index (χ4n) is 9.50. The van der Waals surface area contributed by atoms with Gasteiger partial charge in [0.15, 0.2) is 0 Å². The van der Waals surface area contributed by atoms with Gasteiger partial charge in [0, 0.05) is 23.5 Å². The molecule has 0 aromatic heterocycles. The average Bonchev–Trinajstić information content (AvgIpc) is 3.70. The summed E-state index contributed by atoms with van der Waals surface area (Å²) in [6.07, 6.45) is 35.8. The van der Waals surface area contributed by atoms with Gasteiger partial charge in [0.25, 0.3) is 0 Å². The summed E-state index contributed by atoms with van der Waals surface area (Å²) in [6.45, 7) is 9.00. The van der Waals surface area contributed by atoms with Crippen molar-refractivity contribution in [2.75, 3.05) is 4.90 Å². The molecule has 9 rings (SSSR count). The molecule has 1 atom stereocenters. The summed E-state index contributed by atoms with van der Waals surface area (Å²) < 4.78 is 0. The predicted molar refractivity (Wildman–Crippen MR) is 275 cm³/mol. The van der Waals surface area contributed by atoms with Gasteiger partial charge in [-0.1, -0.05) is 226 Å². The normalized spacial score (nSPS) is 16.1. The molecule has 3 aliphatic rings. The standard InChI is InChI=1S/C63H55N/c1-3-51(54-42-41-53-40-39-52-26-17-18-32-59(52)61(53)46-54)27-21-45-64(58-43-36-50(37-44-58)25-10-5-4-9-22-49-23-11-6-12-24-49)48(2)35-38-55-47-63(56-28-13-7-14-29-56,57-30-15-8-16-31-57)62-34-20-19-33-60(55)62/h3,6-34,36-37,40-47,52H,1-2,4-5,35,38-39H2/b22-9+,25-10+,45-21+,51-27+. The first-order valence-corrected chi connectivity index (χ1v) is 22.7. The second-order valence-corrected chi connectivity index (χ2v) is 16.8. The SMILES string of the molecule is C=C/C(=C\C=C\N(C(=C)CCC1=CC(c2ccccc2)(c2ccccc2)c2ccccc21)c1ccc(/C=C/CC/C=C/c2ccccc2)cc1)c1ccc2c(c1)=C1C=CC=CC1CC=2. The van der Waals surface area contributed by atoms with Crippen LogP contribution < -0.4 is 15.3 Å². The van der Waals surface area contributed by atoms with Crippen LogP contribution in [0.15, 0.2) is 244 Å². The number of benzene rings is 6. The van der Waals surface area contributed by atoms with E-state index in [4.69, 9.17) is 6.58 Å². The first-order valence-electron chi connectivity index (χ1n) is 22.7. The minimum atomic E-state index is -0.374. The molecule has 0 saturated heterocycles. The Balaban J connectivity index is 0.995. The number of allylic oxidation sites excluding steroid dienone is 13. The molecule has 64 heavy (non-hydrogen) atoms. The fraction of sp³-hybridized carbons (Fsp3) is 0.111. The molecule has 0 bridgehead atoms. The molecule has 312 valence electrons. The molecule has 6 aromatic carbocycles. The van der Waals surface area contributed by atoms with E-state index < -0.39 is 0 Å². The van der Waals surface area contributed by atoms with Crippen molar-refractivity contribution in [1.82, 2.24) is 0 Å². The highest BCUT2D eigenvalue weighted by Gasteiger charge is 2.40. The minimum Gasteiger partial charge on any atom is -0.322 e. The third-order valence-corrected chi connectivity index (χ3v) is 12.8. The Hall–Kier alpha value is -7.48. The van der Waals surface area contributed by atoms with Gasteiger partial charge in [-0.2, -0.15) is 0 Å². The van der Waals surface area contributed by atoms with Crippen LogP contribution in [0.2, 0.25) is 0 Å². The smallest absolute Gasteiger partial charge is 0.0643 e. The van der Waals surface area contributed by atoms with E-state index in [1.807, 2.05) is 6.08 Å². The molecule has 6 aromatic rings. The summed E-state index contributed by atoms with van der Waals surface area (Å²) in [5, 5.41) is 2.62. The molecule has 0 N–H and O–H groups in total. The van der Waals surface area contributed by atoms with Crippen molar-refractivity contribution >= 4 is 40.6 Å². The quantitative estimate of drug-likeness (QED) is 0.0694. The van der Waals surface area contributed by atoms with Crippen molar-refractivity contribution in [2.24, 2.45) is 5.92 Å². The van der Waals surface area contributed by atoms with Gasteiger partial charge in [0.2, 0.25) is 0 Å². The van der Waals surface area contributed by atoms with Crippen LogP contribution in [0.1, 0.15) is 71.0 Å². The topological polar surface area (TPSA) is 3.24 Å². The Bertz CT molecular complexity index is 2930. The number of hydrogen-bond donors (Lipinski definition) is 0. The molecule has 0 fully saturated rings. The van der Waals surface area contributed by atoms with Crippen molar-refractivity contribution < 1.29 is 0 Å². The number of unbranched alkanes of at least 4 members (excludes halogenated alkanes) is 1. The lowest BCUT2D eigenvalue weighted by Crippen LogP contribution is -2.32. The van der Waals surface area contributed by atoms with Gasteiger partial charge in [-0.3, -0.25) is 0 Å². The van der Waals surface area contributed by atoms with E-state index >= 15 is 0 Å². The van der Waals surface area contributed by atoms with Crippen LogP contribution in [0, 0.1) is 5.92 Å². The second kappa shape index (κ2) is 19.7. The Morgan fingerprint density at radius 2 is 1.36 bits per heavy atom. The van der Waals surface area contributed by atoms with Crippen molar-refractivity contribution in [3.8, 4) is 0 Å². The monoisotopic (exact) mass is 825 g/mol. The number of fused-ring (bicyclic) bond motifs is 3. The molecular formula is C63H55N. The third kappa shape index (κ3) is 9.03. The van der Waals surface area contributed by atoms with Crippen LogP contribution in [0.5, 0.6) is 0 Å². The predicted octanol–water partition coefficient (Wildman–Crippen LogP) is 14.6.